The fraction of sp³-hybridized carbons (Fsp3) is 1.00. The topological polar surface area (TPSA) is 32.5 Å². The Morgan fingerprint density at radius 2 is 2.05 bits per heavy atom. The van der Waals surface area contributed by atoms with Crippen molar-refractivity contribution in [1.29, 1.82) is 0 Å². The van der Waals surface area contributed by atoms with Gasteiger partial charge in [-0.05, 0) is 57.7 Å². The third kappa shape index (κ3) is 3.14. The van der Waals surface area contributed by atoms with E-state index in [9.17, 15) is 0 Å². The van der Waals surface area contributed by atoms with Gasteiger partial charge in [0.05, 0.1) is 0 Å². The van der Waals surface area contributed by atoms with Crippen LogP contribution in [0.3, 0.4) is 0 Å². The molecule has 112 valence electrons. The van der Waals surface area contributed by atoms with Gasteiger partial charge in [-0.15, -0.1) is 0 Å². The molecule has 0 amide bonds. The van der Waals surface area contributed by atoms with Gasteiger partial charge in [0, 0.05) is 24.7 Å². The Morgan fingerprint density at radius 1 is 1.32 bits per heavy atom. The van der Waals surface area contributed by atoms with Crippen molar-refractivity contribution in [2.24, 2.45) is 11.1 Å². The molecule has 1 saturated carbocycles. The maximum Gasteiger partial charge on any atom is 0.0334 e. The Labute approximate surface area is 119 Å². The first-order chi connectivity index (χ1) is 8.92. The fourth-order valence-corrected chi connectivity index (χ4v) is 4.32. The summed E-state index contributed by atoms with van der Waals surface area (Å²) < 4.78 is 0. The third-order valence-corrected chi connectivity index (χ3v) is 5.65. The predicted molar refractivity (Wildman–Crippen MR) is 82.3 cm³/mol. The molecule has 3 nitrogen and oxygen atoms in total. The number of hydrogen-bond acceptors (Lipinski definition) is 3. The molecule has 1 saturated heterocycles. The summed E-state index contributed by atoms with van der Waals surface area (Å²) in [6.45, 7) is 11.6. The molecule has 19 heavy (non-hydrogen) atoms. The van der Waals surface area contributed by atoms with Gasteiger partial charge in [0.1, 0.15) is 0 Å². The van der Waals surface area contributed by atoms with E-state index in [2.05, 4.69) is 37.6 Å². The van der Waals surface area contributed by atoms with E-state index in [1.54, 1.807) is 0 Å². The minimum absolute atomic E-state index is 0.255. The molecule has 0 spiro atoms. The number of likely N-dealkylation sites (N-methyl/N-ethyl adjacent to an activating group) is 2. The van der Waals surface area contributed by atoms with Crippen molar-refractivity contribution >= 4 is 0 Å². The van der Waals surface area contributed by atoms with Crippen LogP contribution in [0, 0.1) is 5.41 Å². The molecular formula is C16H33N3. The number of hydrogen-bond donors (Lipinski definition) is 1. The van der Waals surface area contributed by atoms with E-state index in [1.165, 1.54) is 51.7 Å². The van der Waals surface area contributed by atoms with Crippen molar-refractivity contribution < 1.29 is 0 Å². The smallest absolute Gasteiger partial charge is 0.0334 e. The van der Waals surface area contributed by atoms with Gasteiger partial charge in [0.2, 0.25) is 0 Å². The molecular weight excluding hydrogens is 234 g/mol. The second-order valence-electron chi connectivity index (χ2n) is 7.57. The molecule has 0 aromatic carbocycles. The molecule has 2 aliphatic rings. The monoisotopic (exact) mass is 267 g/mol. The molecule has 3 heteroatoms. The predicted octanol–water partition coefficient (Wildman–Crippen LogP) is 2.31. The Morgan fingerprint density at radius 3 is 2.58 bits per heavy atom. The maximum atomic E-state index is 6.18. The summed E-state index contributed by atoms with van der Waals surface area (Å²) >= 11 is 0. The highest BCUT2D eigenvalue weighted by molar-refractivity contribution is 5.02. The quantitative estimate of drug-likeness (QED) is 0.829. The normalized spacial score (nSPS) is 35.4. The minimum Gasteiger partial charge on any atom is -0.329 e. The van der Waals surface area contributed by atoms with Crippen molar-refractivity contribution in [3.63, 3.8) is 0 Å². The molecule has 1 aliphatic carbocycles. The summed E-state index contributed by atoms with van der Waals surface area (Å²) in [4.78, 5) is 5.24. The van der Waals surface area contributed by atoms with E-state index in [1.807, 2.05) is 0 Å². The summed E-state index contributed by atoms with van der Waals surface area (Å²) in [7, 11) is 2.31. The highest BCUT2D eigenvalue weighted by Gasteiger charge is 2.45. The average molecular weight is 267 g/mol. The first-order valence-electron chi connectivity index (χ1n) is 8.08. The van der Waals surface area contributed by atoms with Crippen LogP contribution in [0.5, 0.6) is 0 Å². The second-order valence-corrected chi connectivity index (χ2v) is 7.57. The highest BCUT2D eigenvalue weighted by atomic mass is 15.3. The zero-order valence-electron chi connectivity index (χ0n) is 13.4. The van der Waals surface area contributed by atoms with E-state index in [0.29, 0.717) is 5.41 Å². The summed E-state index contributed by atoms with van der Waals surface area (Å²) in [5, 5.41) is 0. The summed E-state index contributed by atoms with van der Waals surface area (Å²) in [5.74, 6) is 0. The van der Waals surface area contributed by atoms with E-state index in [0.717, 1.165) is 12.6 Å². The lowest BCUT2D eigenvalue weighted by molar-refractivity contribution is 0.0863. The van der Waals surface area contributed by atoms with Gasteiger partial charge in [-0.25, -0.2) is 0 Å². The van der Waals surface area contributed by atoms with Gasteiger partial charge in [0.15, 0.2) is 0 Å². The van der Waals surface area contributed by atoms with Crippen molar-refractivity contribution in [2.75, 3.05) is 33.2 Å². The summed E-state index contributed by atoms with van der Waals surface area (Å²) in [6, 6.07) is 0.752. The molecule has 2 rings (SSSR count). The van der Waals surface area contributed by atoms with Crippen LogP contribution >= 0.6 is 0 Å². The molecule has 1 heterocycles. The molecule has 2 fully saturated rings. The standard InChI is InChI=1S/C16H33N3/c1-5-19-10-6-7-14(19)11-18(4)16(13-17)9-8-15(2,3)12-16/h14H,5-13,17H2,1-4H3. The average Bonchev–Trinajstić information content (AvgIpc) is 2.93. The lowest BCUT2D eigenvalue weighted by atomic mass is 9.86. The molecule has 2 atom stereocenters. The van der Waals surface area contributed by atoms with Crippen LogP contribution < -0.4 is 5.73 Å². The van der Waals surface area contributed by atoms with Gasteiger partial charge in [-0.3, -0.25) is 9.80 Å². The number of nitrogens with zero attached hydrogens (tertiary/aromatic N) is 2. The fourth-order valence-electron chi connectivity index (χ4n) is 4.32. The van der Waals surface area contributed by atoms with Gasteiger partial charge in [0.25, 0.3) is 0 Å². The van der Waals surface area contributed by atoms with Gasteiger partial charge < -0.3 is 5.73 Å². The van der Waals surface area contributed by atoms with Crippen LogP contribution in [-0.4, -0.2) is 54.6 Å². The minimum atomic E-state index is 0.255. The lowest BCUT2D eigenvalue weighted by Crippen LogP contribution is -2.54. The van der Waals surface area contributed by atoms with Crippen LogP contribution in [0.25, 0.3) is 0 Å². The molecule has 0 bridgehead atoms. The van der Waals surface area contributed by atoms with E-state index < -0.39 is 0 Å². The number of nitrogens with two attached hydrogens (primary N) is 1. The highest BCUT2D eigenvalue weighted by Crippen LogP contribution is 2.46. The Hall–Kier alpha value is -0.120. The summed E-state index contributed by atoms with van der Waals surface area (Å²) in [5.41, 5.74) is 6.90. The van der Waals surface area contributed by atoms with E-state index >= 15 is 0 Å². The van der Waals surface area contributed by atoms with Crippen molar-refractivity contribution in [3.8, 4) is 0 Å². The summed E-state index contributed by atoms with van der Waals surface area (Å²) in [6.07, 6.45) is 6.57. The molecule has 1 aliphatic heterocycles. The SMILES string of the molecule is CCN1CCCC1CN(C)C1(CN)CCC(C)(C)C1. The van der Waals surface area contributed by atoms with E-state index in [4.69, 9.17) is 5.73 Å². The first-order valence-corrected chi connectivity index (χ1v) is 8.08. The third-order valence-electron chi connectivity index (χ3n) is 5.65. The first kappa shape index (κ1) is 15.3. The molecule has 0 aromatic heterocycles. The van der Waals surface area contributed by atoms with Crippen LogP contribution in [0.4, 0.5) is 0 Å². The van der Waals surface area contributed by atoms with Crippen LogP contribution in [-0.2, 0) is 0 Å². The number of rotatable bonds is 5. The molecule has 0 aromatic rings. The zero-order chi connectivity index (χ0) is 14.1. The Balaban J connectivity index is 2.00. The van der Waals surface area contributed by atoms with Crippen LogP contribution in [0.15, 0.2) is 0 Å². The maximum absolute atomic E-state index is 6.18. The molecule has 2 N–H and O–H groups in total. The van der Waals surface area contributed by atoms with E-state index in [-0.39, 0.29) is 5.54 Å². The largest absolute Gasteiger partial charge is 0.329 e. The van der Waals surface area contributed by atoms with Gasteiger partial charge >= 0.3 is 0 Å². The van der Waals surface area contributed by atoms with Crippen LogP contribution in [0.2, 0.25) is 0 Å². The Kier molecular flexibility index (Phi) is 4.59. The van der Waals surface area contributed by atoms with Gasteiger partial charge in [-0.2, -0.15) is 0 Å². The zero-order valence-corrected chi connectivity index (χ0v) is 13.4. The molecule has 0 radical (unpaired) electrons. The van der Waals surface area contributed by atoms with Crippen molar-refractivity contribution in [1.82, 2.24) is 9.80 Å². The lowest BCUT2D eigenvalue weighted by Gasteiger charge is -2.41. The second kappa shape index (κ2) is 5.71. The number of likely N-dealkylation sites (tertiary alicyclic amines) is 1. The van der Waals surface area contributed by atoms with Crippen molar-refractivity contribution in [3.05, 3.63) is 0 Å². The molecule has 2 unspecified atom stereocenters. The Bertz CT molecular complexity index is 302. The van der Waals surface area contributed by atoms with Crippen LogP contribution in [0.1, 0.15) is 52.9 Å². The van der Waals surface area contributed by atoms with Gasteiger partial charge in [-0.1, -0.05) is 20.8 Å². The van der Waals surface area contributed by atoms with Crippen molar-refractivity contribution in [2.45, 2.75) is 64.5 Å².